The Hall–Kier alpha value is -1.38. The SMILES string of the molecule is CCC1=CC=CC(C2=NOC(CC)C2)N=C1. The van der Waals surface area contributed by atoms with E-state index in [1.165, 1.54) is 5.57 Å². The van der Waals surface area contributed by atoms with Crippen LogP contribution in [-0.2, 0) is 4.84 Å². The molecule has 2 rings (SSSR count). The number of aliphatic imine (C=N–C) groups is 1. The number of hydrogen-bond donors (Lipinski definition) is 0. The van der Waals surface area contributed by atoms with E-state index in [1.807, 2.05) is 6.21 Å². The summed E-state index contributed by atoms with van der Waals surface area (Å²) >= 11 is 0. The molecule has 0 spiro atoms. The maximum atomic E-state index is 5.33. The van der Waals surface area contributed by atoms with E-state index in [4.69, 9.17) is 4.84 Å². The summed E-state index contributed by atoms with van der Waals surface area (Å²) in [6, 6.07) is 0.0665. The molecule has 0 saturated carbocycles. The van der Waals surface area contributed by atoms with Crippen molar-refractivity contribution >= 4 is 11.9 Å². The van der Waals surface area contributed by atoms with Crippen molar-refractivity contribution in [3.63, 3.8) is 0 Å². The van der Waals surface area contributed by atoms with E-state index in [0.29, 0.717) is 0 Å². The van der Waals surface area contributed by atoms with Crippen molar-refractivity contribution in [2.24, 2.45) is 10.1 Å². The predicted octanol–water partition coefficient (Wildman–Crippen LogP) is 2.89. The van der Waals surface area contributed by atoms with Gasteiger partial charge in [0.1, 0.15) is 12.1 Å². The standard InChI is InChI=1S/C13H18N2O/c1-3-10-6-5-7-12(14-9-10)13-8-11(4-2)16-15-13/h5-7,9,11-12H,3-4,8H2,1-2H3. The van der Waals surface area contributed by atoms with Crippen LogP contribution in [0.25, 0.3) is 0 Å². The van der Waals surface area contributed by atoms with Crippen LogP contribution in [0.2, 0.25) is 0 Å². The first-order valence-corrected chi connectivity index (χ1v) is 5.96. The lowest BCUT2D eigenvalue weighted by atomic mass is 10.1. The summed E-state index contributed by atoms with van der Waals surface area (Å²) in [5, 5.41) is 4.13. The molecule has 0 saturated heterocycles. The summed E-state index contributed by atoms with van der Waals surface area (Å²) in [6.45, 7) is 4.25. The number of hydrogen-bond acceptors (Lipinski definition) is 3. The zero-order valence-corrected chi connectivity index (χ0v) is 9.89. The highest BCUT2D eigenvalue weighted by molar-refractivity contribution is 5.94. The molecule has 0 aromatic rings. The molecule has 3 heteroatoms. The molecule has 0 bridgehead atoms. The molecule has 0 fully saturated rings. The number of oxime groups is 1. The Morgan fingerprint density at radius 1 is 1.44 bits per heavy atom. The van der Waals surface area contributed by atoms with E-state index >= 15 is 0 Å². The average Bonchev–Trinajstić information content (AvgIpc) is 2.67. The number of allylic oxidation sites excluding steroid dienone is 3. The normalized spacial score (nSPS) is 28.4. The Labute approximate surface area is 96.6 Å². The Balaban J connectivity index is 2.03. The second kappa shape index (κ2) is 5.10. The largest absolute Gasteiger partial charge is 0.392 e. The molecule has 0 aromatic heterocycles. The van der Waals surface area contributed by atoms with Gasteiger partial charge in [-0.25, -0.2) is 0 Å². The van der Waals surface area contributed by atoms with Crippen molar-refractivity contribution in [3.8, 4) is 0 Å². The van der Waals surface area contributed by atoms with E-state index in [-0.39, 0.29) is 12.1 Å². The Kier molecular flexibility index (Phi) is 3.54. The van der Waals surface area contributed by atoms with Gasteiger partial charge in [-0.15, -0.1) is 0 Å². The molecule has 0 aromatic carbocycles. The van der Waals surface area contributed by atoms with Crippen LogP contribution in [0.3, 0.4) is 0 Å². The highest BCUT2D eigenvalue weighted by Gasteiger charge is 2.24. The highest BCUT2D eigenvalue weighted by atomic mass is 16.6. The summed E-state index contributed by atoms with van der Waals surface area (Å²) < 4.78 is 0. The van der Waals surface area contributed by atoms with Gasteiger partial charge in [0.15, 0.2) is 0 Å². The third-order valence-corrected chi connectivity index (χ3v) is 2.97. The van der Waals surface area contributed by atoms with Crippen LogP contribution in [0.5, 0.6) is 0 Å². The summed E-state index contributed by atoms with van der Waals surface area (Å²) in [7, 11) is 0. The molecular formula is C13H18N2O. The quantitative estimate of drug-likeness (QED) is 0.717. The molecule has 2 aliphatic rings. The summed E-state index contributed by atoms with van der Waals surface area (Å²) in [5.74, 6) is 0. The molecule has 2 unspecified atom stereocenters. The first-order valence-electron chi connectivity index (χ1n) is 5.96. The average molecular weight is 218 g/mol. The van der Waals surface area contributed by atoms with Gasteiger partial charge in [-0.3, -0.25) is 4.99 Å². The minimum atomic E-state index is 0.0665. The van der Waals surface area contributed by atoms with Gasteiger partial charge in [-0.05, 0) is 18.4 Å². The fourth-order valence-electron chi connectivity index (χ4n) is 1.80. The van der Waals surface area contributed by atoms with E-state index in [9.17, 15) is 0 Å². The Bertz CT molecular complexity index is 366. The minimum absolute atomic E-state index is 0.0665. The first-order chi connectivity index (χ1) is 7.83. The molecule has 2 atom stereocenters. The lowest BCUT2D eigenvalue weighted by Gasteiger charge is -2.05. The minimum Gasteiger partial charge on any atom is -0.392 e. The smallest absolute Gasteiger partial charge is 0.132 e. The van der Waals surface area contributed by atoms with Crippen LogP contribution in [0, 0.1) is 0 Å². The fraction of sp³-hybridized carbons (Fsp3) is 0.538. The second-order valence-corrected chi connectivity index (χ2v) is 4.13. The topological polar surface area (TPSA) is 34.0 Å². The molecule has 86 valence electrons. The maximum absolute atomic E-state index is 5.33. The van der Waals surface area contributed by atoms with Gasteiger partial charge in [0.05, 0.1) is 5.71 Å². The summed E-state index contributed by atoms with van der Waals surface area (Å²) in [4.78, 5) is 9.86. The van der Waals surface area contributed by atoms with Gasteiger partial charge in [0.2, 0.25) is 0 Å². The van der Waals surface area contributed by atoms with E-state index < -0.39 is 0 Å². The van der Waals surface area contributed by atoms with Crippen LogP contribution in [0.15, 0.2) is 33.9 Å². The molecule has 2 aliphatic heterocycles. The van der Waals surface area contributed by atoms with Gasteiger partial charge >= 0.3 is 0 Å². The zero-order chi connectivity index (χ0) is 11.4. The summed E-state index contributed by atoms with van der Waals surface area (Å²) in [5.41, 5.74) is 2.30. The van der Waals surface area contributed by atoms with Gasteiger partial charge < -0.3 is 4.84 Å². The van der Waals surface area contributed by atoms with Crippen molar-refractivity contribution in [3.05, 3.63) is 23.8 Å². The van der Waals surface area contributed by atoms with E-state index in [2.05, 4.69) is 42.2 Å². The van der Waals surface area contributed by atoms with Crippen LogP contribution in [0.4, 0.5) is 0 Å². The van der Waals surface area contributed by atoms with E-state index in [0.717, 1.165) is 25.0 Å². The monoisotopic (exact) mass is 218 g/mol. The van der Waals surface area contributed by atoms with Gasteiger partial charge in [0.25, 0.3) is 0 Å². The van der Waals surface area contributed by atoms with E-state index in [1.54, 1.807) is 0 Å². The lowest BCUT2D eigenvalue weighted by molar-refractivity contribution is 0.0828. The Morgan fingerprint density at radius 3 is 3.00 bits per heavy atom. The number of rotatable bonds is 3. The molecule has 0 amide bonds. The number of nitrogens with zero attached hydrogens (tertiary/aromatic N) is 2. The lowest BCUT2D eigenvalue weighted by Crippen LogP contribution is -2.16. The van der Waals surface area contributed by atoms with Crippen LogP contribution >= 0.6 is 0 Å². The van der Waals surface area contributed by atoms with Crippen molar-refractivity contribution in [1.82, 2.24) is 0 Å². The molecule has 2 heterocycles. The van der Waals surface area contributed by atoms with Crippen LogP contribution in [-0.4, -0.2) is 24.1 Å². The van der Waals surface area contributed by atoms with Crippen molar-refractivity contribution in [1.29, 1.82) is 0 Å². The van der Waals surface area contributed by atoms with Crippen molar-refractivity contribution in [2.75, 3.05) is 0 Å². The predicted molar refractivity (Wildman–Crippen MR) is 67.0 cm³/mol. The van der Waals surface area contributed by atoms with Crippen LogP contribution < -0.4 is 0 Å². The van der Waals surface area contributed by atoms with Crippen molar-refractivity contribution in [2.45, 2.75) is 45.3 Å². The second-order valence-electron chi connectivity index (χ2n) is 4.13. The van der Waals surface area contributed by atoms with Crippen molar-refractivity contribution < 1.29 is 4.84 Å². The maximum Gasteiger partial charge on any atom is 0.132 e. The Morgan fingerprint density at radius 2 is 2.31 bits per heavy atom. The molecule has 0 aliphatic carbocycles. The van der Waals surface area contributed by atoms with Gasteiger partial charge in [-0.1, -0.05) is 37.2 Å². The first kappa shape index (κ1) is 11.1. The molecule has 0 radical (unpaired) electrons. The highest BCUT2D eigenvalue weighted by Crippen LogP contribution is 2.18. The molecular weight excluding hydrogens is 200 g/mol. The third-order valence-electron chi connectivity index (χ3n) is 2.97. The third kappa shape index (κ3) is 2.40. The molecule has 0 N–H and O–H groups in total. The van der Waals surface area contributed by atoms with Gasteiger partial charge in [-0.2, -0.15) is 0 Å². The van der Waals surface area contributed by atoms with Crippen LogP contribution in [0.1, 0.15) is 33.1 Å². The van der Waals surface area contributed by atoms with Gasteiger partial charge in [0, 0.05) is 12.6 Å². The zero-order valence-electron chi connectivity index (χ0n) is 9.89. The molecule has 3 nitrogen and oxygen atoms in total. The molecule has 16 heavy (non-hydrogen) atoms. The fourth-order valence-corrected chi connectivity index (χ4v) is 1.80. The summed E-state index contributed by atoms with van der Waals surface area (Å²) in [6.07, 6.45) is 11.4.